The number of carboxylic acid groups (broad SMARTS) is 1. The van der Waals surface area contributed by atoms with E-state index in [1.54, 1.807) is 13.8 Å². The highest BCUT2D eigenvalue weighted by molar-refractivity contribution is 6.31. The number of carbonyl (C=O) groups is 1. The van der Waals surface area contributed by atoms with E-state index in [0.29, 0.717) is 17.1 Å². The van der Waals surface area contributed by atoms with E-state index in [1.165, 1.54) is 4.68 Å². The summed E-state index contributed by atoms with van der Waals surface area (Å²) >= 11 is 5.97. The number of carboxylic acids is 1. The van der Waals surface area contributed by atoms with E-state index >= 15 is 0 Å². The van der Waals surface area contributed by atoms with Crippen LogP contribution in [0.2, 0.25) is 5.02 Å². The predicted molar refractivity (Wildman–Crippen MR) is 58.3 cm³/mol. The molecule has 0 amide bonds. The van der Waals surface area contributed by atoms with Gasteiger partial charge in [-0.2, -0.15) is 5.10 Å². The van der Waals surface area contributed by atoms with Crippen LogP contribution in [0.5, 0.6) is 0 Å². The minimum absolute atomic E-state index is 0.553. The first kappa shape index (κ1) is 12.0. The number of nitrogens with zero attached hydrogens (tertiary/aromatic N) is 2. The summed E-state index contributed by atoms with van der Waals surface area (Å²) in [4.78, 5) is 11.1. The monoisotopic (exact) mass is 230 g/mol. The molecule has 0 saturated heterocycles. The number of aliphatic carboxylic acids is 1. The molecule has 84 valence electrons. The van der Waals surface area contributed by atoms with E-state index in [2.05, 4.69) is 5.10 Å². The fourth-order valence-electron chi connectivity index (χ4n) is 1.57. The Hall–Kier alpha value is -1.03. The minimum Gasteiger partial charge on any atom is -0.480 e. The van der Waals surface area contributed by atoms with Crippen molar-refractivity contribution in [3.8, 4) is 0 Å². The normalized spacial score (nSPS) is 12.8. The smallest absolute Gasteiger partial charge is 0.328 e. The molecule has 0 radical (unpaired) electrons. The molecule has 5 heteroatoms. The van der Waals surface area contributed by atoms with Gasteiger partial charge in [-0.15, -0.1) is 0 Å². The van der Waals surface area contributed by atoms with Crippen LogP contribution in [0.15, 0.2) is 0 Å². The van der Waals surface area contributed by atoms with Gasteiger partial charge >= 0.3 is 5.97 Å². The van der Waals surface area contributed by atoms with Crippen molar-refractivity contribution in [1.29, 1.82) is 0 Å². The van der Waals surface area contributed by atoms with Gasteiger partial charge in [0, 0.05) is 0 Å². The Kier molecular flexibility index (Phi) is 3.74. The molecular weight excluding hydrogens is 216 g/mol. The van der Waals surface area contributed by atoms with E-state index in [0.717, 1.165) is 12.1 Å². The molecule has 1 atom stereocenters. The molecule has 1 heterocycles. The predicted octanol–water partition coefficient (Wildman–Crippen LogP) is 2.58. The first-order chi connectivity index (χ1) is 6.99. The molecule has 1 rings (SSSR count). The highest BCUT2D eigenvalue weighted by Gasteiger charge is 2.23. The zero-order chi connectivity index (χ0) is 11.6. The van der Waals surface area contributed by atoms with Crippen molar-refractivity contribution < 1.29 is 9.90 Å². The third kappa shape index (κ3) is 2.31. The van der Waals surface area contributed by atoms with Crippen LogP contribution in [0.3, 0.4) is 0 Å². The Morgan fingerprint density at radius 3 is 2.53 bits per heavy atom. The summed E-state index contributed by atoms with van der Waals surface area (Å²) < 4.78 is 1.50. The van der Waals surface area contributed by atoms with Gasteiger partial charge in [-0.25, -0.2) is 4.79 Å². The summed E-state index contributed by atoms with van der Waals surface area (Å²) in [6.45, 7) is 5.51. The maximum Gasteiger partial charge on any atom is 0.328 e. The first-order valence-corrected chi connectivity index (χ1v) is 5.30. The first-order valence-electron chi connectivity index (χ1n) is 4.93. The van der Waals surface area contributed by atoms with Crippen LogP contribution in [-0.2, 0) is 4.79 Å². The van der Waals surface area contributed by atoms with Crippen LogP contribution < -0.4 is 0 Å². The van der Waals surface area contributed by atoms with E-state index in [-0.39, 0.29) is 0 Å². The molecule has 4 nitrogen and oxygen atoms in total. The number of rotatable bonds is 4. The van der Waals surface area contributed by atoms with E-state index < -0.39 is 12.0 Å². The summed E-state index contributed by atoms with van der Waals surface area (Å²) in [6.07, 6.45) is 1.36. The van der Waals surface area contributed by atoms with Crippen LogP contribution in [0.1, 0.15) is 37.2 Å². The van der Waals surface area contributed by atoms with Crippen LogP contribution in [-0.4, -0.2) is 20.9 Å². The number of hydrogen-bond donors (Lipinski definition) is 1. The molecule has 1 aromatic heterocycles. The van der Waals surface area contributed by atoms with Gasteiger partial charge in [-0.3, -0.25) is 4.68 Å². The van der Waals surface area contributed by atoms with Gasteiger partial charge in [0.15, 0.2) is 0 Å². The second-order valence-electron chi connectivity index (χ2n) is 3.57. The molecule has 1 aromatic rings. The lowest BCUT2D eigenvalue weighted by atomic mass is 10.1. The molecule has 0 aliphatic carbocycles. The lowest BCUT2D eigenvalue weighted by molar-refractivity contribution is -0.141. The Morgan fingerprint density at radius 1 is 1.60 bits per heavy atom. The zero-order valence-corrected chi connectivity index (χ0v) is 9.88. The quantitative estimate of drug-likeness (QED) is 0.865. The van der Waals surface area contributed by atoms with Crippen molar-refractivity contribution >= 4 is 17.6 Å². The summed E-state index contributed by atoms with van der Waals surface area (Å²) in [7, 11) is 0. The van der Waals surface area contributed by atoms with Gasteiger partial charge in [0.2, 0.25) is 0 Å². The van der Waals surface area contributed by atoms with Gasteiger partial charge in [-0.05, 0) is 20.3 Å². The molecule has 0 aromatic carbocycles. The highest BCUT2D eigenvalue weighted by atomic mass is 35.5. The number of aryl methyl sites for hydroxylation is 1. The largest absolute Gasteiger partial charge is 0.480 e. The van der Waals surface area contributed by atoms with E-state index in [9.17, 15) is 4.79 Å². The van der Waals surface area contributed by atoms with E-state index in [1.807, 2.05) is 6.92 Å². The second kappa shape index (κ2) is 4.66. The van der Waals surface area contributed by atoms with Crippen LogP contribution in [0.4, 0.5) is 0 Å². The molecular formula is C10H15ClN2O2. The number of hydrogen-bond acceptors (Lipinski definition) is 2. The molecule has 0 aliphatic heterocycles. The Labute approximate surface area is 93.9 Å². The highest BCUT2D eigenvalue weighted by Crippen LogP contribution is 2.24. The Morgan fingerprint density at radius 2 is 2.20 bits per heavy atom. The van der Waals surface area contributed by atoms with Gasteiger partial charge in [0.1, 0.15) is 6.04 Å². The van der Waals surface area contributed by atoms with Gasteiger partial charge < -0.3 is 5.11 Å². The molecule has 0 saturated carbocycles. The van der Waals surface area contributed by atoms with Crippen molar-refractivity contribution in [2.45, 2.75) is 39.7 Å². The fourth-order valence-corrected chi connectivity index (χ4v) is 1.69. The maximum absolute atomic E-state index is 11.1. The second-order valence-corrected chi connectivity index (χ2v) is 3.95. The third-order valence-corrected chi connectivity index (χ3v) is 2.93. The fraction of sp³-hybridized carbons (Fsp3) is 0.600. The molecule has 0 spiro atoms. The Balaban J connectivity index is 3.11. The summed E-state index contributed by atoms with van der Waals surface area (Å²) in [5.41, 5.74) is 1.39. The summed E-state index contributed by atoms with van der Waals surface area (Å²) in [5, 5.41) is 13.8. The molecule has 0 fully saturated rings. The third-order valence-electron chi connectivity index (χ3n) is 2.38. The minimum atomic E-state index is -0.862. The van der Waals surface area contributed by atoms with E-state index in [4.69, 9.17) is 16.7 Å². The van der Waals surface area contributed by atoms with Crippen molar-refractivity contribution in [3.63, 3.8) is 0 Å². The lowest BCUT2D eigenvalue weighted by Crippen LogP contribution is -2.21. The lowest BCUT2D eigenvalue weighted by Gasteiger charge is -2.13. The SMILES string of the molecule is CCCC(C(=O)O)n1nc(C)c(Cl)c1C. The zero-order valence-electron chi connectivity index (χ0n) is 9.12. The van der Waals surface area contributed by atoms with Crippen LogP contribution >= 0.6 is 11.6 Å². The molecule has 1 unspecified atom stereocenters. The molecule has 15 heavy (non-hydrogen) atoms. The summed E-state index contributed by atoms with van der Waals surface area (Å²) in [5.74, 6) is -0.862. The topological polar surface area (TPSA) is 55.1 Å². The van der Waals surface area contributed by atoms with Crippen molar-refractivity contribution in [3.05, 3.63) is 16.4 Å². The average Bonchev–Trinajstić information content (AvgIpc) is 2.42. The maximum atomic E-state index is 11.1. The van der Waals surface area contributed by atoms with Crippen LogP contribution in [0.25, 0.3) is 0 Å². The summed E-state index contributed by atoms with van der Waals surface area (Å²) in [6, 6.07) is -0.610. The molecule has 0 bridgehead atoms. The van der Waals surface area contributed by atoms with Gasteiger partial charge in [-0.1, -0.05) is 24.9 Å². The van der Waals surface area contributed by atoms with Crippen molar-refractivity contribution in [1.82, 2.24) is 9.78 Å². The van der Waals surface area contributed by atoms with Gasteiger partial charge in [0.05, 0.1) is 16.4 Å². The number of aromatic nitrogens is 2. The Bertz CT molecular complexity index is 374. The standard InChI is InChI=1S/C10H15ClN2O2/c1-4-5-8(10(14)15)13-7(3)9(11)6(2)12-13/h8H,4-5H2,1-3H3,(H,14,15). The van der Waals surface area contributed by atoms with Gasteiger partial charge in [0.25, 0.3) is 0 Å². The molecule has 0 aliphatic rings. The number of halogens is 1. The average molecular weight is 231 g/mol. The van der Waals surface area contributed by atoms with Crippen LogP contribution in [0, 0.1) is 13.8 Å². The van der Waals surface area contributed by atoms with Crippen molar-refractivity contribution in [2.24, 2.45) is 0 Å². The van der Waals surface area contributed by atoms with Crippen molar-refractivity contribution in [2.75, 3.05) is 0 Å². The molecule has 1 N–H and O–H groups in total.